The summed E-state index contributed by atoms with van der Waals surface area (Å²) in [4.78, 5) is 34.1. The van der Waals surface area contributed by atoms with Crippen LogP contribution < -0.4 is 10.6 Å². The van der Waals surface area contributed by atoms with E-state index in [-0.39, 0.29) is 13.1 Å². The van der Waals surface area contributed by atoms with E-state index in [9.17, 15) is 20.2 Å². The molecule has 2 aromatic rings. The first-order valence-electron chi connectivity index (χ1n) is 14.0. The van der Waals surface area contributed by atoms with Gasteiger partial charge in [0, 0.05) is 47.5 Å². The van der Waals surface area contributed by atoms with Gasteiger partial charge in [-0.2, -0.15) is 23.5 Å². The molecule has 0 atom stereocenters. The predicted octanol–water partition coefficient (Wildman–Crippen LogP) is 3.08. The van der Waals surface area contributed by atoms with Crippen LogP contribution >= 0.6 is 23.5 Å². The van der Waals surface area contributed by atoms with Gasteiger partial charge in [-0.25, -0.2) is 0 Å². The zero-order valence-corrected chi connectivity index (χ0v) is 27.1. The van der Waals surface area contributed by atoms with Crippen molar-refractivity contribution in [3.05, 3.63) is 67.5 Å². The molecule has 2 heterocycles. The lowest BCUT2D eigenvalue weighted by Crippen LogP contribution is -2.32. The van der Waals surface area contributed by atoms with E-state index in [4.69, 9.17) is 8.83 Å². The normalized spacial score (nSPS) is 12.3. The first-order chi connectivity index (χ1) is 20.6. The zero-order chi connectivity index (χ0) is 31.5. The van der Waals surface area contributed by atoms with Crippen molar-refractivity contribution in [2.75, 3.05) is 79.0 Å². The highest BCUT2D eigenvalue weighted by atomic mass is 32.2. The Labute approximate surface area is 261 Å². The van der Waals surface area contributed by atoms with Crippen molar-refractivity contribution in [2.24, 2.45) is 9.98 Å². The molecule has 0 unspecified atom stereocenters. The number of nitrogens with one attached hydrogen (secondary N) is 2. The van der Waals surface area contributed by atoms with Crippen molar-refractivity contribution in [1.82, 2.24) is 20.4 Å². The molecule has 0 aliphatic rings. The minimum Gasteiger partial charge on any atom is -0.464 e. The Morgan fingerprint density at radius 3 is 1.51 bits per heavy atom. The molecule has 0 aliphatic carbocycles. The van der Waals surface area contributed by atoms with Crippen LogP contribution in [0.4, 0.5) is 0 Å². The van der Waals surface area contributed by atoms with E-state index in [0.29, 0.717) is 44.3 Å². The van der Waals surface area contributed by atoms with Gasteiger partial charge in [0.15, 0.2) is 11.7 Å². The van der Waals surface area contributed by atoms with Crippen molar-refractivity contribution in [3.63, 3.8) is 0 Å². The summed E-state index contributed by atoms with van der Waals surface area (Å²) in [5.74, 6) is 7.16. The van der Waals surface area contributed by atoms with Gasteiger partial charge in [-0.15, -0.1) is 0 Å². The second-order valence-electron chi connectivity index (χ2n) is 10.2. The molecule has 0 saturated heterocycles. The van der Waals surface area contributed by atoms with Gasteiger partial charge >= 0.3 is 0 Å². The monoisotopic (exact) mass is 640 g/mol. The molecule has 2 rings (SSSR count). The molecule has 2 N–H and O–H groups in total. The van der Waals surface area contributed by atoms with Crippen molar-refractivity contribution in [3.8, 4) is 0 Å². The second-order valence-corrected chi connectivity index (χ2v) is 12.4. The van der Waals surface area contributed by atoms with Crippen LogP contribution in [-0.2, 0) is 24.6 Å². The van der Waals surface area contributed by atoms with E-state index in [1.54, 1.807) is 23.5 Å². The molecule has 0 aromatic carbocycles. The highest BCUT2D eigenvalue weighted by molar-refractivity contribution is 7.98. The number of furan rings is 2. The number of nitro groups is 2. The quantitative estimate of drug-likeness (QED) is 0.0635. The Bertz CT molecular complexity index is 1080. The number of rotatable bonds is 22. The smallest absolute Gasteiger partial charge is 0.259 e. The Morgan fingerprint density at radius 1 is 0.744 bits per heavy atom. The fourth-order valence-electron chi connectivity index (χ4n) is 3.74. The van der Waals surface area contributed by atoms with Crippen LogP contribution in [0.1, 0.15) is 29.5 Å². The average Bonchev–Trinajstić information content (AvgIpc) is 3.55. The lowest BCUT2D eigenvalue weighted by molar-refractivity contribution is -0.463. The van der Waals surface area contributed by atoms with E-state index in [1.807, 2.05) is 62.3 Å². The Hall–Kier alpha value is -3.08. The van der Waals surface area contributed by atoms with Crippen molar-refractivity contribution < 1.29 is 18.7 Å². The molecule has 240 valence electrons. The average molecular weight is 641 g/mol. The molecule has 16 heteroatoms. The van der Waals surface area contributed by atoms with Gasteiger partial charge in [-0.3, -0.25) is 30.2 Å². The summed E-state index contributed by atoms with van der Waals surface area (Å²) in [7, 11) is 7.94. The maximum atomic E-state index is 11.1. The Morgan fingerprint density at radius 2 is 1.14 bits per heavy atom. The van der Waals surface area contributed by atoms with Gasteiger partial charge in [0.2, 0.25) is 0 Å². The molecule has 0 fully saturated rings. The molecule has 43 heavy (non-hydrogen) atoms. The maximum absolute atomic E-state index is 11.1. The minimum atomic E-state index is -0.419. The molecule has 0 amide bonds. The Kier molecular flexibility index (Phi) is 17.4. The van der Waals surface area contributed by atoms with E-state index in [2.05, 4.69) is 20.6 Å². The zero-order valence-electron chi connectivity index (χ0n) is 25.5. The van der Waals surface area contributed by atoms with E-state index in [1.165, 1.54) is 0 Å². The lowest BCUT2D eigenvalue weighted by atomic mass is 10.4. The van der Waals surface area contributed by atoms with E-state index >= 15 is 0 Å². The summed E-state index contributed by atoms with van der Waals surface area (Å²) >= 11 is 3.34. The van der Waals surface area contributed by atoms with Crippen molar-refractivity contribution >= 4 is 35.2 Å². The number of hydrogen-bond acceptors (Lipinski definition) is 12. The van der Waals surface area contributed by atoms with Crippen LogP contribution in [0.5, 0.6) is 0 Å². The van der Waals surface area contributed by atoms with Crippen molar-refractivity contribution in [2.45, 2.75) is 31.0 Å². The molecule has 0 bridgehead atoms. The van der Waals surface area contributed by atoms with Crippen LogP contribution in [0.15, 0.2) is 43.1 Å². The largest absolute Gasteiger partial charge is 0.464 e. The molecule has 2 aromatic heterocycles. The van der Waals surface area contributed by atoms with Gasteiger partial charge in [0.1, 0.15) is 23.0 Å². The molecule has 0 radical (unpaired) electrons. The van der Waals surface area contributed by atoms with Crippen LogP contribution in [0.25, 0.3) is 0 Å². The van der Waals surface area contributed by atoms with Gasteiger partial charge in [-0.1, -0.05) is 0 Å². The topological polar surface area (TPSA) is 168 Å². The van der Waals surface area contributed by atoms with Gasteiger partial charge in [0.25, 0.3) is 13.1 Å². The highest BCUT2D eigenvalue weighted by Crippen LogP contribution is 2.17. The van der Waals surface area contributed by atoms with Gasteiger partial charge < -0.3 is 29.3 Å². The molecule has 0 saturated carbocycles. The minimum absolute atomic E-state index is 0.312. The summed E-state index contributed by atoms with van der Waals surface area (Å²) in [5, 5.41) is 28.3. The molecule has 0 spiro atoms. The van der Waals surface area contributed by atoms with E-state index < -0.39 is 9.85 Å². The summed E-state index contributed by atoms with van der Waals surface area (Å²) in [5.41, 5.74) is 0. The summed E-state index contributed by atoms with van der Waals surface area (Å²) in [6.45, 7) is 2.44. The summed E-state index contributed by atoms with van der Waals surface area (Å²) in [6, 6.07) is 7.89. The number of thioether (sulfide) groups is 2. The third-order valence-electron chi connectivity index (χ3n) is 5.50. The van der Waals surface area contributed by atoms with E-state index in [0.717, 1.165) is 59.1 Å². The second kappa shape index (κ2) is 20.8. The highest BCUT2D eigenvalue weighted by Gasteiger charge is 2.09. The fraction of sp³-hybridized carbons (Fsp3) is 0.630. The van der Waals surface area contributed by atoms with Crippen LogP contribution in [0.3, 0.4) is 0 Å². The lowest BCUT2D eigenvalue weighted by Gasteiger charge is -2.08. The van der Waals surface area contributed by atoms with Crippen LogP contribution in [0, 0.1) is 20.2 Å². The predicted molar refractivity (Wildman–Crippen MR) is 173 cm³/mol. The van der Waals surface area contributed by atoms with Crippen LogP contribution in [-0.4, -0.2) is 110 Å². The molecule has 0 aliphatic heterocycles. The van der Waals surface area contributed by atoms with Gasteiger partial charge in [0.05, 0.1) is 24.6 Å². The number of aliphatic imine (C=N–C) groups is 2. The van der Waals surface area contributed by atoms with Gasteiger partial charge in [-0.05, 0) is 58.9 Å². The standard InChI is InChI=1S/C27H44N8O6S2/c1-32(2)16-22-6-8-24(40-22)20-42-14-12-30-26(18-34(36)37)28-10-5-11-29-27(19-35(38)39)31-13-15-43-21-25-9-7-23(41-25)17-33(3)4/h6-9H,5,10-21H2,1-4H3,(H,28,30)(H,29,31). The van der Waals surface area contributed by atoms with Crippen LogP contribution in [0.2, 0.25) is 0 Å². The Balaban J connectivity index is 1.68. The number of hydrogen-bond donors (Lipinski definition) is 2. The molecular formula is C27H44N8O6S2. The number of nitrogens with zero attached hydrogens (tertiary/aromatic N) is 6. The third-order valence-corrected chi connectivity index (χ3v) is 7.46. The molecule has 14 nitrogen and oxygen atoms in total. The SMILES string of the molecule is CN(C)Cc1ccc(CSCCNC(C[N+](=O)[O-])=NCCCN=C(C[N+](=O)[O-])NCCSCc2ccc(CN(C)C)o2)o1. The van der Waals surface area contributed by atoms with Crippen molar-refractivity contribution in [1.29, 1.82) is 0 Å². The summed E-state index contributed by atoms with van der Waals surface area (Å²) < 4.78 is 11.6. The number of amidine groups is 2. The first-order valence-corrected chi connectivity index (χ1v) is 16.3. The summed E-state index contributed by atoms with van der Waals surface area (Å²) in [6.07, 6.45) is 0.511. The molecular weight excluding hydrogens is 596 g/mol. The third kappa shape index (κ3) is 17.6. The fourth-order valence-corrected chi connectivity index (χ4v) is 5.23. The maximum Gasteiger partial charge on any atom is 0.259 e. The first kappa shape index (κ1) is 36.1.